The summed E-state index contributed by atoms with van der Waals surface area (Å²) in [5.41, 5.74) is 1.29. The molecule has 0 bridgehead atoms. The first-order chi connectivity index (χ1) is 8.58. The maximum Gasteiger partial charge on any atom is 0.131 e. The Morgan fingerprint density at radius 3 is 2.56 bits per heavy atom. The van der Waals surface area contributed by atoms with Crippen LogP contribution in [0, 0.1) is 18.3 Å². The molecule has 0 atom stereocenters. The van der Waals surface area contributed by atoms with Gasteiger partial charge in [-0.25, -0.2) is 0 Å². The lowest BCUT2D eigenvalue weighted by molar-refractivity contribution is 0.454. The van der Waals surface area contributed by atoms with Crippen molar-refractivity contribution < 1.29 is 9.84 Å². The summed E-state index contributed by atoms with van der Waals surface area (Å²) in [6.45, 7) is 1.86. The molecule has 0 aliphatic rings. The van der Waals surface area contributed by atoms with Crippen LogP contribution in [0.15, 0.2) is 36.4 Å². The lowest BCUT2D eigenvalue weighted by Crippen LogP contribution is -1.86. The summed E-state index contributed by atoms with van der Waals surface area (Å²) in [4.78, 5) is 0. The van der Waals surface area contributed by atoms with E-state index >= 15 is 0 Å². The number of ether oxygens (including phenoxy) is 1. The highest BCUT2D eigenvalue weighted by Crippen LogP contribution is 2.29. The van der Waals surface area contributed by atoms with Crippen molar-refractivity contribution in [1.82, 2.24) is 0 Å². The summed E-state index contributed by atoms with van der Waals surface area (Å²) in [6, 6.07) is 11.7. The summed E-state index contributed by atoms with van der Waals surface area (Å²) in [7, 11) is 0. The normalized spacial score (nSPS) is 9.83. The van der Waals surface area contributed by atoms with E-state index in [2.05, 4.69) is 0 Å². The minimum atomic E-state index is 0.143. The standard InChI is InChI=1S/C14H10ClNO2/c1-9-4-11(17)6-13(5-9)18-12-3-2-10(8-16)14(15)7-12/h2-7,17H,1H3. The Kier molecular flexibility index (Phi) is 3.40. The first kappa shape index (κ1) is 12.3. The van der Waals surface area contributed by atoms with Crippen LogP contribution in [0.4, 0.5) is 0 Å². The Morgan fingerprint density at radius 2 is 1.94 bits per heavy atom. The second kappa shape index (κ2) is 4.99. The van der Waals surface area contributed by atoms with E-state index in [1.807, 2.05) is 13.0 Å². The maximum atomic E-state index is 9.46. The maximum absolute atomic E-state index is 9.46. The summed E-state index contributed by atoms with van der Waals surface area (Å²) in [5, 5.41) is 18.6. The third kappa shape index (κ3) is 2.73. The van der Waals surface area contributed by atoms with Crippen molar-refractivity contribution in [2.24, 2.45) is 0 Å². The molecule has 0 heterocycles. The molecule has 0 spiro atoms. The molecule has 0 saturated heterocycles. The van der Waals surface area contributed by atoms with Gasteiger partial charge in [0.1, 0.15) is 23.3 Å². The quantitative estimate of drug-likeness (QED) is 0.886. The Balaban J connectivity index is 2.29. The number of phenols is 1. The molecule has 0 aliphatic heterocycles. The smallest absolute Gasteiger partial charge is 0.131 e. The van der Waals surface area contributed by atoms with Crippen LogP contribution in [0.5, 0.6) is 17.2 Å². The van der Waals surface area contributed by atoms with Gasteiger partial charge in [0.05, 0.1) is 10.6 Å². The summed E-state index contributed by atoms with van der Waals surface area (Å²) in [6.07, 6.45) is 0. The van der Waals surface area contributed by atoms with E-state index in [1.165, 1.54) is 6.07 Å². The van der Waals surface area contributed by atoms with E-state index in [0.717, 1.165) is 5.56 Å². The first-order valence-corrected chi connectivity index (χ1v) is 5.64. The minimum absolute atomic E-state index is 0.143. The monoisotopic (exact) mass is 259 g/mol. The molecule has 0 aliphatic carbocycles. The number of hydrogen-bond donors (Lipinski definition) is 1. The zero-order valence-corrected chi connectivity index (χ0v) is 10.4. The van der Waals surface area contributed by atoms with Crippen LogP contribution in [0.25, 0.3) is 0 Å². The van der Waals surface area contributed by atoms with E-state index < -0.39 is 0 Å². The van der Waals surface area contributed by atoms with Gasteiger partial charge >= 0.3 is 0 Å². The van der Waals surface area contributed by atoms with Gasteiger partial charge in [-0.15, -0.1) is 0 Å². The lowest BCUT2D eigenvalue weighted by atomic mass is 10.2. The van der Waals surface area contributed by atoms with Gasteiger partial charge < -0.3 is 9.84 Å². The van der Waals surface area contributed by atoms with E-state index in [0.29, 0.717) is 22.1 Å². The molecule has 0 saturated carbocycles. The second-order valence-corrected chi connectivity index (χ2v) is 4.27. The molecule has 0 unspecified atom stereocenters. The minimum Gasteiger partial charge on any atom is -0.508 e. The van der Waals surface area contributed by atoms with Gasteiger partial charge in [0, 0.05) is 12.1 Å². The van der Waals surface area contributed by atoms with Crippen LogP contribution in [0.2, 0.25) is 5.02 Å². The molecule has 2 aromatic rings. The van der Waals surface area contributed by atoms with Gasteiger partial charge in [0.2, 0.25) is 0 Å². The van der Waals surface area contributed by atoms with Gasteiger partial charge in [-0.2, -0.15) is 5.26 Å². The molecule has 0 radical (unpaired) electrons. The van der Waals surface area contributed by atoms with Crippen molar-refractivity contribution in [3.05, 3.63) is 52.5 Å². The number of rotatable bonds is 2. The topological polar surface area (TPSA) is 53.2 Å². The Morgan fingerprint density at radius 1 is 1.17 bits per heavy atom. The van der Waals surface area contributed by atoms with Gasteiger partial charge in [-0.1, -0.05) is 11.6 Å². The fourth-order valence-corrected chi connectivity index (χ4v) is 1.79. The van der Waals surface area contributed by atoms with Crippen LogP contribution >= 0.6 is 11.6 Å². The van der Waals surface area contributed by atoms with Crippen molar-refractivity contribution in [3.63, 3.8) is 0 Å². The van der Waals surface area contributed by atoms with E-state index in [4.69, 9.17) is 21.6 Å². The molecular formula is C14H10ClNO2. The van der Waals surface area contributed by atoms with E-state index in [9.17, 15) is 5.11 Å². The zero-order chi connectivity index (χ0) is 13.1. The summed E-state index contributed by atoms with van der Waals surface area (Å²) < 4.78 is 5.57. The fourth-order valence-electron chi connectivity index (χ4n) is 1.57. The average molecular weight is 260 g/mol. The van der Waals surface area contributed by atoms with Crippen molar-refractivity contribution in [3.8, 4) is 23.3 Å². The zero-order valence-electron chi connectivity index (χ0n) is 9.64. The molecule has 0 fully saturated rings. The van der Waals surface area contributed by atoms with Crippen molar-refractivity contribution in [2.75, 3.05) is 0 Å². The number of phenolic OH excluding ortho intramolecular Hbond substituents is 1. The Hall–Kier alpha value is -2.18. The van der Waals surface area contributed by atoms with Gasteiger partial charge in [-0.3, -0.25) is 0 Å². The first-order valence-electron chi connectivity index (χ1n) is 5.26. The van der Waals surface area contributed by atoms with Crippen molar-refractivity contribution in [2.45, 2.75) is 6.92 Å². The highest BCUT2D eigenvalue weighted by molar-refractivity contribution is 6.31. The average Bonchev–Trinajstić information content (AvgIpc) is 2.27. The number of halogens is 1. The van der Waals surface area contributed by atoms with Gasteiger partial charge in [0.15, 0.2) is 0 Å². The van der Waals surface area contributed by atoms with E-state index in [-0.39, 0.29) is 5.75 Å². The second-order valence-electron chi connectivity index (χ2n) is 3.86. The Bertz CT molecular complexity index is 612. The third-order valence-electron chi connectivity index (χ3n) is 2.33. The van der Waals surface area contributed by atoms with Crippen LogP contribution in [-0.2, 0) is 0 Å². The van der Waals surface area contributed by atoms with Crippen LogP contribution in [0.3, 0.4) is 0 Å². The molecule has 2 rings (SSSR count). The van der Waals surface area contributed by atoms with Crippen LogP contribution in [-0.4, -0.2) is 5.11 Å². The third-order valence-corrected chi connectivity index (χ3v) is 2.65. The van der Waals surface area contributed by atoms with Gasteiger partial charge in [-0.05, 0) is 36.8 Å². The number of aromatic hydroxyl groups is 1. The molecule has 18 heavy (non-hydrogen) atoms. The van der Waals surface area contributed by atoms with Crippen LogP contribution in [0.1, 0.15) is 11.1 Å². The number of hydrogen-bond acceptors (Lipinski definition) is 3. The molecule has 1 N–H and O–H groups in total. The predicted octanol–water partition coefficient (Wildman–Crippen LogP) is 4.02. The number of aryl methyl sites for hydroxylation is 1. The molecule has 0 aromatic heterocycles. The highest BCUT2D eigenvalue weighted by atomic mass is 35.5. The molecule has 2 aromatic carbocycles. The van der Waals surface area contributed by atoms with Crippen molar-refractivity contribution in [1.29, 1.82) is 5.26 Å². The predicted molar refractivity (Wildman–Crippen MR) is 69.1 cm³/mol. The lowest BCUT2D eigenvalue weighted by Gasteiger charge is -2.08. The Labute approximate surface area is 110 Å². The molecule has 0 amide bonds. The van der Waals surface area contributed by atoms with E-state index in [1.54, 1.807) is 30.3 Å². The van der Waals surface area contributed by atoms with Crippen LogP contribution < -0.4 is 4.74 Å². The molecule has 90 valence electrons. The fraction of sp³-hybridized carbons (Fsp3) is 0.0714. The summed E-state index contributed by atoms with van der Waals surface area (Å²) in [5.74, 6) is 1.18. The number of nitrogens with zero attached hydrogens (tertiary/aromatic N) is 1. The SMILES string of the molecule is Cc1cc(O)cc(Oc2ccc(C#N)c(Cl)c2)c1. The largest absolute Gasteiger partial charge is 0.508 e. The van der Waals surface area contributed by atoms with Gasteiger partial charge in [0.25, 0.3) is 0 Å². The molecular weight excluding hydrogens is 250 g/mol. The molecule has 3 nitrogen and oxygen atoms in total. The number of nitriles is 1. The number of benzene rings is 2. The van der Waals surface area contributed by atoms with Crippen molar-refractivity contribution >= 4 is 11.6 Å². The molecule has 4 heteroatoms. The summed E-state index contributed by atoms with van der Waals surface area (Å²) >= 11 is 5.91. The highest BCUT2D eigenvalue weighted by Gasteiger charge is 2.04.